The number of amides is 2. The Morgan fingerprint density at radius 3 is 2.50 bits per heavy atom. The lowest BCUT2D eigenvalue weighted by molar-refractivity contribution is -0.134. The van der Waals surface area contributed by atoms with Gasteiger partial charge in [-0.05, 0) is 50.8 Å². The first-order chi connectivity index (χ1) is 17.6. The second kappa shape index (κ2) is 9.43. The zero-order chi connectivity index (χ0) is 24.7. The number of nitrogens with one attached hydrogen (secondary N) is 1. The molecule has 2 aliphatic heterocycles. The normalized spacial score (nSPS) is 25.2. The summed E-state index contributed by atoms with van der Waals surface area (Å²) < 4.78 is 10.0. The Morgan fingerprint density at radius 2 is 1.78 bits per heavy atom. The number of benzene rings is 1. The molecule has 3 aliphatic rings. The number of ether oxygens (including phenoxy) is 1. The molecule has 1 aliphatic carbocycles. The summed E-state index contributed by atoms with van der Waals surface area (Å²) in [7, 11) is 0. The lowest BCUT2D eigenvalue weighted by Gasteiger charge is -2.45. The zero-order valence-electron chi connectivity index (χ0n) is 21.1. The molecule has 0 spiro atoms. The number of fused-ring (bicyclic) bond motifs is 3. The van der Waals surface area contributed by atoms with Gasteiger partial charge in [-0.25, -0.2) is 0 Å². The Hall–Kier alpha value is -3.06. The van der Waals surface area contributed by atoms with Gasteiger partial charge in [0.25, 0.3) is 5.91 Å². The fourth-order valence-corrected chi connectivity index (χ4v) is 6.39. The van der Waals surface area contributed by atoms with Gasteiger partial charge in [0, 0.05) is 37.0 Å². The van der Waals surface area contributed by atoms with Gasteiger partial charge in [0.15, 0.2) is 0 Å². The van der Waals surface area contributed by atoms with E-state index in [2.05, 4.69) is 22.0 Å². The van der Waals surface area contributed by atoms with E-state index < -0.39 is 5.54 Å². The minimum Gasteiger partial charge on any atom is -0.376 e. The summed E-state index contributed by atoms with van der Waals surface area (Å²) >= 11 is 0. The molecule has 36 heavy (non-hydrogen) atoms. The van der Waals surface area contributed by atoms with Crippen LogP contribution < -0.4 is 5.32 Å². The second-order valence-corrected chi connectivity index (χ2v) is 10.9. The maximum atomic E-state index is 14.4. The lowest BCUT2D eigenvalue weighted by atomic mass is 9.92. The number of rotatable bonds is 5. The number of carbonyl (C=O) groups excluding carboxylic acids is 2. The molecule has 7 heteroatoms. The maximum absolute atomic E-state index is 14.4. The van der Waals surface area contributed by atoms with E-state index in [4.69, 9.17) is 4.74 Å². The minimum absolute atomic E-state index is 0.0371. The van der Waals surface area contributed by atoms with E-state index in [0.717, 1.165) is 55.1 Å². The molecule has 6 rings (SSSR count). The zero-order valence-corrected chi connectivity index (χ0v) is 21.1. The lowest BCUT2D eigenvalue weighted by Crippen LogP contribution is -2.66. The number of hydrogen-bond donors (Lipinski definition) is 1. The molecule has 2 aromatic heterocycles. The van der Waals surface area contributed by atoms with Gasteiger partial charge in [-0.15, -0.1) is 0 Å². The largest absolute Gasteiger partial charge is 0.376 e. The average Bonchev–Trinajstić information content (AvgIpc) is 3.61. The molecule has 190 valence electrons. The molecule has 1 N–H and O–H groups in total. The van der Waals surface area contributed by atoms with Crippen LogP contribution in [0.15, 0.2) is 48.8 Å². The van der Waals surface area contributed by atoms with Crippen molar-refractivity contribution < 1.29 is 14.3 Å². The fraction of sp³-hybridized carbons (Fsp3) is 0.517. The smallest absolute Gasteiger partial charge is 0.273 e. The van der Waals surface area contributed by atoms with E-state index >= 15 is 0 Å². The molecule has 4 heterocycles. The maximum Gasteiger partial charge on any atom is 0.273 e. The molecule has 0 unspecified atom stereocenters. The van der Waals surface area contributed by atoms with Crippen LogP contribution in [-0.4, -0.2) is 56.7 Å². The van der Waals surface area contributed by atoms with Crippen LogP contribution in [0.4, 0.5) is 0 Å². The van der Waals surface area contributed by atoms with Crippen LogP contribution in [0.25, 0.3) is 16.6 Å². The number of aromatic nitrogens is 2. The van der Waals surface area contributed by atoms with Crippen LogP contribution in [0.2, 0.25) is 0 Å². The number of hydrogen-bond acceptors (Lipinski definition) is 3. The van der Waals surface area contributed by atoms with Crippen molar-refractivity contribution in [1.82, 2.24) is 19.4 Å². The van der Waals surface area contributed by atoms with E-state index in [-0.39, 0.29) is 24.0 Å². The van der Waals surface area contributed by atoms with Crippen molar-refractivity contribution >= 4 is 22.7 Å². The van der Waals surface area contributed by atoms with E-state index in [0.29, 0.717) is 25.4 Å². The molecular weight excluding hydrogens is 452 g/mol. The van der Waals surface area contributed by atoms with Gasteiger partial charge in [0.05, 0.1) is 23.9 Å². The summed E-state index contributed by atoms with van der Waals surface area (Å²) in [6.45, 7) is 3.51. The molecule has 7 nitrogen and oxygen atoms in total. The molecular formula is C29H36N4O3. The van der Waals surface area contributed by atoms with Crippen LogP contribution >= 0.6 is 0 Å². The second-order valence-electron chi connectivity index (χ2n) is 10.9. The highest BCUT2D eigenvalue weighted by Crippen LogP contribution is 2.38. The third kappa shape index (κ3) is 3.94. The molecule has 1 aromatic carbocycles. The van der Waals surface area contributed by atoms with Crippen molar-refractivity contribution in [1.29, 1.82) is 0 Å². The SMILES string of the molecule is C[C@@]1(C(=O)NC2CCCCCC2)Cn2c(c(-n3cccc3)c3ccccc32)C(=O)N1C[C@H]1CCCO1. The van der Waals surface area contributed by atoms with Gasteiger partial charge in [0.1, 0.15) is 11.2 Å². The number of para-hydroxylation sites is 1. The van der Waals surface area contributed by atoms with Gasteiger partial charge in [-0.1, -0.05) is 43.9 Å². The summed E-state index contributed by atoms with van der Waals surface area (Å²) in [5.41, 5.74) is 1.50. The molecule has 0 radical (unpaired) electrons. The minimum atomic E-state index is -1.00. The molecule has 1 saturated heterocycles. The molecule has 2 amide bonds. The molecule has 3 aromatic rings. The van der Waals surface area contributed by atoms with E-state index in [1.807, 2.05) is 53.0 Å². The van der Waals surface area contributed by atoms with Crippen LogP contribution in [0.3, 0.4) is 0 Å². The van der Waals surface area contributed by atoms with Gasteiger partial charge in [-0.2, -0.15) is 0 Å². The highest BCUT2D eigenvalue weighted by molar-refractivity contribution is 6.09. The van der Waals surface area contributed by atoms with Crippen LogP contribution in [0, 0.1) is 0 Å². The third-order valence-corrected chi connectivity index (χ3v) is 8.41. The summed E-state index contributed by atoms with van der Waals surface area (Å²) in [6.07, 6.45) is 12.6. The Bertz CT molecular complexity index is 1250. The first-order valence-corrected chi connectivity index (χ1v) is 13.6. The molecule has 0 bridgehead atoms. The summed E-state index contributed by atoms with van der Waals surface area (Å²) in [6, 6.07) is 12.3. The quantitative estimate of drug-likeness (QED) is 0.531. The Labute approximate surface area is 212 Å². The molecule has 2 atom stereocenters. The predicted octanol–water partition coefficient (Wildman–Crippen LogP) is 4.66. The topological polar surface area (TPSA) is 68.5 Å². The summed E-state index contributed by atoms with van der Waals surface area (Å²) in [5.74, 6) is -0.151. The van der Waals surface area contributed by atoms with Crippen LogP contribution in [-0.2, 0) is 16.1 Å². The van der Waals surface area contributed by atoms with Crippen molar-refractivity contribution in [2.45, 2.75) is 82.5 Å². The molecule has 2 fully saturated rings. The Balaban J connectivity index is 1.45. The van der Waals surface area contributed by atoms with E-state index in [1.54, 1.807) is 0 Å². The van der Waals surface area contributed by atoms with Crippen molar-refractivity contribution in [3.05, 3.63) is 54.5 Å². The number of nitrogens with zero attached hydrogens (tertiary/aromatic N) is 3. The summed E-state index contributed by atoms with van der Waals surface area (Å²) in [5, 5.41) is 4.38. The van der Waals surface area contributed by atoms with Crippen LogP contribution in [0.5, 0.6) is 0 Å². The van der Waals surface area contributed by atoms with Crippen molar-refractivity contribution in [3.8, 4) is 5.69 Å². The van der Waals surface area contributed by atoms with Gasteiger partial charge >= 0.3 is 0 Å². The first-order valence-electron chi connectivity index (χ1n) is 13.6. The highest BCUT2D eigenvalue weighted by atomic mass is 16.5. The highest BCUT2D eigenvalue weighted by Gasteiger charge is 2.50. The van der Waals surface area contributed by atoms with Gasteiger partial charge in [0.2, 0.25) is 5.91 Å². The van der Waals surface area contributed by atoms with E-state index in [9.17, 15) is 9.59 Å². The standard InChI is InChI=1S/C29H36N4O3/c1-29(28(35)30-21-11-4-2-3-5-12-21)20-32-24-15-7-6-14-23(24)25(31-16-8-9-17-31)26(32)27(34)33(29)19-22-13-10-18-36-22/h6-9,14-17,21-22H,2-5,10-13,18-20H2,1H3,(H,30,35)/t22-,29+/m1/s1. The molecule has 1 saturated carbocycles. The first kappa shape index (κ1) is 23.3. The van der Waals surface area contributed by atoms with Crippen molar-refractivity contribution in [2.24, 2.45) is 0 Å². The van der Waals surface area contributed by atoms with Gasteiger partial charge < -0.3 is 24.1 Å². The third-order valence-electron chi connectivity index (χ3n) is 8.41. The van der Waals surface area contributed by atoms with E-state index in [1.165, 1.54) is 12.8 Å². The van der Waals surface area contributed by atoms with Gasteiger partial charge in [-0.3, -0.25) is 9.59 Å². The Kier molecular flexibility index (Phi) is 6.12. The number of carbonyl (C=O) groups is 2. The fourth-order valence-electron chi connectivity index (χ4n) is 6.39. The van der Waals surface area contributed by atoms with Crippen molar-refractivity contribution in [2.75, 3.05) is 13.2 Å². The Morgan fingerprint density at radius 1 is 1.03 bits per heavy atom. The monoisotopic (exact) mass is 488 g/mol. The average molecular weight is 489 g/mol. The van der Waals surface area contributed by atoms with Crippen LogP contribution in [0.1, 0.15) is 68.8 Å². The summed E-state index contributed by atoms with van der Waals surface area (Å²) in [4.78, 5) is 30.3. The predicted molar refractivity (Wildman–Crippen MR) is 139 cm³/mol. The van der Waals surface area contributed by atoms with Crippen molar-refractivity contribution in [3.63, 3.8) is 0 Å².